The molecule has 0 saturated heterocycles. The summed E-state index contributed by atoms with van der Waals surface area (Å²) in [7, 11) is 1.62. The number of halogens is 1. The fraction of sp³-hybridized carbons (Fsp3) is 0.500. The van der Waals surface area contributed by atoms with Gasteiger partial charge >= 0.3 is 0 Å². The van der Waals surface area contributed by atoms with Crippen molar-refractivity contribution >= 4 is 15.9 Å². The van der Waals surface area contributed by atoms with Gasteiger partial charge in [-0.05, 0) is 43.5 Å². The molecule has 0 saturated carbocycles. The Hall–Kier alpha value is -0.580. The molecule has 2 N–H and O–H groups in total. The van der Waals surface area contributed by atoms with Crippen LogP contribution in [0.3, 0.4) is 0 Å². The number of rotatable bonds is 5. The third-order valence-electron chi connectivity index (χ3n) is 2.51. The molecular formula is C12H17BrO3. The van der Waals surface area contributed by atoms with Gasteiger partial charge in [0.2, 0.25) is 0 Å². The van der Waals surface area contributed by atoms with Crippen LogP contribution in [0.1, 0.15) is 18.9 Å². The van der Waals surface area contributed by atoms with Gasteiger partial charge in [0.1, 0.15) is 5.75 Å². The van der Waals surface area contributed by atoms with Gasteiger partial charge in [-0.1, -0.05) is 15.9 Å². The Morgan fingerprint density at radius 3 is 2.62 bits per heavy atom. The molecule has 1 aromatic carbocycles. The Morgan fingerprint density at radius 1 is 1.38 bits per heavy atom. The lowest BCUT2D eigenvalue weighted by Gasteiger charge is -2.14. The monoisotopic (exact) mass is 288 g/mol. The van der Waals surface area contributed by atoms with Crippen molar-refractivity contribution in [3.05, 3.63) is 28.2 Å². The lowest BCUT2D eigenvalue weighted by molar-refractivity contribution is 0.0264. The second-order valence-corrected chi connectivity index (χ2v) is 4.72. The number of aliphatic hydroxyl groups is 2. The van der Waals surface area contributed by atoms with Crippen LogP contribution in [0, 0.1) is 0 Å². The summed E-state index contributed by atoms with van der Waals surface area (Å²) >= 11 is 3.39. The molecule has 0 aliphatic heterocycles. The minimum absolute atomic E-state index is 0.518. The maximum Gasteiger partial charge on any atom is 0.122 e. The summed E-state index contributed by atoms with van der Waals surface area (Å²) in [5.74, 6) is 0.806. The first-order valence-corrected chi connectivity index (χ1v) is 6.02. The predicted octanol–water partition coefficient (Wildman–Crippen LogP) is 2.13. The summed E-state index contributed by atoms with van der Waals surface area (Å²) in [6.45, 7) is 1.59. The average Bonchev–Trinajstić information content (AvgIpc) is 2.25. The van der Waals surface area contributed by atoms with E-state index in [-0.39, 0.29) is 0 Å². The molecule has 0 heterocycles. The van der Waals surface area contributed by atoms with E-state index in [0.717, 1.165) is 15.8 Å². The normalized spacial score (nSPS) is 14.6. The number of methoxy groups -OCH3 is 1. The van der Waals surface area contributed by atoms with Crippen molar-refractivity contribution < 1.29 is 14.9 Å². The first-order valence-electron chi connectivity index (χ1n) is 5.23. The van der Waals surface area contributed by atoms with Crippen LogP contribution < -0.4 is 4.74 Å². The summed E-state index contributed by atoms with van der Waals surface area (Å²) in [5.41, 5.74) is 1.02. The first kappa shape index (κ1) is 13.5. The maximum atomic E-state index is 9.52. The molecule has 4 heteroatoms. The Morgan fingerprint density at radius 2 is 2.06 bits per heavy atom. The summed E-state index contributed by atoms with van der Waals surface area (Å²) in [4.78, 5) is 0. The van der Waals surface area contributed by atoms with Gasteiger partial charge in [0.25, 0.3) is 0 Å². The van der Waals surface area contributed by atoms with E-state index in [1.165, 1.54) is 0 Å². The molecule has 0 aromatic heterocycles. The Balaban J connectivity index is 2.68. The van der Waals surface area contributed by atoms with Crippen LogP contribution in [-0.4, -0.2) is 29.5 Å². The van der Waals surface area contributed by atoms with Gasteiger partial charge in [-0.25, -0.2) is 0 Å². The summed E-state index contributed by atoms with van der Waals surface area (Å²) in [6.07, 6.45) is -0.194. The number of hydrogen-bond acceptors (Lipinski definition) is 3. The molecule has 0 aliphatic carbocycles. The summed E-state index contributed by atoms with van der Waals surface area (Å²) in [5, 5.41) is 18.7. The van der Waals surface area contributed by atoms with Crippen LogP contribution >= 0.6 is 15.9 Å². The van der Waals surface area contributed by atoms with Crippen LogP contribution in [0.4, 0.5) is 0 Å². The number of benzene rings is 1. The summed E-state index contributed by atoms with van der Waals surface area (Å²) in [6, 6.07) is 5.76. The van der Waals surface area contributed by atoms with Gasteiger partial charge in [0.05, 0.1) is 19.3 Å². The average molecular weight is 289 g/mol. The van der Waals surface area contributed by atoms with Crippen LogP contribution in [0.2, 0.25) is 0 Å². The number of hydrogen-bond donors (Lipinski definition) is 2. The molecule has 0 spiro atoms. The standard InChI is InChI=1S/C12H17BrO3/c1-8(14)11(15)5-3-9-7-10(13)4-6-12(9)16-2/h4,6-8,11,14-15H,3,5H2,1-2H3. The molecule has 1 rings (SSSR count). The van der Waals surface area contributed by atoms with E-state index in [1.807, 2.05) is 18.2 Å². The lowest BCUT2D eigenvalue weighted by Crippen LogP contribution is -2.22. The number of aryl methyl sites for hydroxylation is 1. The smallest absolute Gasteiger partial charge is 0.122 e. The highest BCUT2D eigenvalue weighted by Gasteiger charge is 2.12. The van der Waals surface area contributed by atoms with Crippen LogP contribution in [0.5, 0.6) is 5.75 Å². The van der Waals surface area contributed by atoms with E-state index < -0.39 is 12.2 Å². The predicted molar refractivity (Wildman–Crippen MR) is 66.7 cm³/mol. The third kappa shape index (κ3) is 3.77. The molecule has 2 atom stereocenters. The molecule has 3 nitrogen and oxygen atoms in total. The molecule has 0 fully saturated rings. The van der Waals surface area contributed by atoms with Crippen LogP contribution in [0.15, 0.2) is 22.7 Å². The Bertz CT molecular complexity index is 339. The van der Waals surface area contributed by atoms with E-state index in [1.54, 1.807) is 14.0 Å². The van der Waals surface area contributed by atoms with E-state index in [4.69, 9.17) is 4.74 Å². The highest BCUT2D eigenvalue weighted by Crippen LogP contribution is 2.24. The van der Waals surface area contributed by atoms with Crippen molar-refractivity contribution in [2.45, 2.75) is 32.0 Å². The molecule has 16 heavy (non-hydrogen) atoms. The van der Waals surface area contributed by atoms with Crippen molar-refractivity contribution in [2.24, 2.45) is 0 Å². The van der Waals surface area contributed by atoms with E-state index in [9.17, 15) is 10.2 Å². The Kier molecular flexibility index (Phi) is 5.25. The summed E-state index contributed by atoms with van der Waals surface area (Å²) < 4.78 is 6.21. The van der Waals surface area contributed by atoms with Gasteiger partial charge in [0.15, 0.2) is 0 Å². The van der Waals surface area contributed by atoms with Crippen LogP contribution in [0.25, 0.3) is 0 Å². The van der Waals surface area contributed by atoms with E-state index in [2.05, 4.69) is 15.9 Å². The van der Waals surface area contributed by atoms with Crippen molar-refractivity contribution in [2.75, 3.05) is 7.11 Å². The molecule has 2 unspecified atom stereocenters. The fourth-order valence-corrected chi connectivity index (χ4v) is 1.90. The van der Waals surface area contributed by atoms with Crippen molar-refractivity contribution in [3.63, 3.8) is 0 Å². The molecule has 90 valence electrons. The lowest BCUT2D eigenvalue weighted by atomic mass is 10.0. The van der Waals surface area contributed by atoms with Gasteiger partial charge in [-0.2, -0.15) is 0 Å². The van der Waals surface area contributed by atoms with Crippen molar-refractivity contribution in [1.29, 1.82) is 0 Å². The highest BCUT2D eigenvalue weighted by molar-refractivity contribution is 9.10. The second-order valence-electron chi connectivity index (χ2n) is 3.80. The largest absolute Gasteiger partial charge is 0.496 e. The van der Waals surface area contributed by atoms with Crippen molar-refractivity contribution in [3.8, 4) is 5.75 Å². The van der Waals surface area contributed by atoms with Gasteiger partial charge in [0, 0.05) is 4.47 Å². The SMILES string of the molecule is COc1ccc(Br)cc1CCC(O)C(C)O. The quantitative estimate of drug-likeness (QED) is 0.873. The van der Waals surface area contributed by atoms with Gasteiger partial charge < -0.3 is 14.9 Å². The zero-order valence-corrected chi connectivity index (χ0v) is 11.1. The van der Waals surface area contributed by atoms with Crippen molar-refractivity contribution in [1.82, 2.24) is 0 Å². The zero-order valence-electron chi connectivity index (χ0n) is 9.48. The van der Waals surface area contributed by atoms with Gasteiger partial charge in [-0.15, -0.1) is 0 Å². The third-order valence-corrected chi connectivity index (χ3v) is 3.00. The minimum atomic E-state index is -0.696. The molecule has 0 bridgehead atoms. The number of aliphatic hydroxyl groups excluding tert-OH is 2. The molecule has 0 aliphatic rings. The minimum Gasteiger partial charge on any atom is -0.496 e. The van der Waals surface area contributed by atoms with Crippen LogP contribution in [-0.2, 0) is 6.42 Å². The van der Waals surface area contributed by atoms with E-state index >= 15 is 0 Å². The van der Waals surface area contributed by atoms with Gasteiger partial charge in [-0.3, -0.25) is 0 Å². The maximum absolute atomic E-state index is 9.52. The second kappa shape index (κ2) is 6.23. The first-order chi connectivity index (χ1) is 7.54. The molecule has 0 radical (unpaired) electrons. The molecule has 0 amide bonds. The number of ether oxygens (including phenoxy) is 1. The molecular weight excluding hydrogens is 272 g/mol. The Labute approximate surface area is 104 Å². The topological polar surface area (TPSA) is 49.7 Å². The van der Waals surface area contributed by atoms with E-state index in [0.29, 0.717) is 12.8 Å². The highest BCUT2D eigenvalue weighted by atomic mass is 79.9. The molecule has 1 aromatic rings. The zero-order chi connectivity index (χ0) is 12.1. The fourth-order valence-electron chi connectivity index (χ4n) is 1.49.